The van der Waals surface area contributed by atoms with Crippen LogP contribution in [0.1, 0.15) is 0 Å². The predicted octanol–water partition coefficient (Wildman–Crippen LogP) is 0.708. The van der Waals surface area contributed by atoms with Crippen LogP contribution in [0.3, 0.4) is 0 Å². The summed E-state index contributed by atoms with van der Waals surface area (Å²) >= 11 is 0. The molecular formula is C12H14N2O5S. The van der Waals surface area contributed by atoms with E-state index < -0.39 is 11.0 Å². The molecule has 0 aliphatic carbocycles. The number of ether oxygens (including phenoxy) is 1. The van der Waals surface area contributed by atoms with Crippen molar-refractivity contribution in [3.63, 3.8) is 0 Å². The Bertz CT molecular complexity index is 699. The summed E-state index contributed by atoms with van der Waals surface area (Å²) in [7, 11) is -0.161. The SMILES string of the molecule is COC(=O)Cn1ccc2c(N(C)O[SH](=O)=O)cccc21. The van der Waals surface area contributed by atoms with E-state index in [4.69, 9.17) is 0 Å². The number of hydrogen-bond donors (Lipinski definition) is 1. The number of carbonyl (C=O) groups is 1. The van der Waals surface area contributed by atoms with Crippen LogP contribution in [0.4, 0.5) is 5.69 Å². The fourth-order valence-corrected chi connectivity index (χ4v) is 2.26. The highest BCUT2D eigenvalue weighted by molar-refractivity contribution is 7.67. The van der Waals surface area contributed by atoms with Crippen LogP contribution >= 0.6 is 0 Å². The van der Waals surface area contributed by atoms with Crippen LogP contribution in [0.5, 0.6) is 0 Å². The highest BCUT2D eigenvalue weighted by atomic mass is 32.2. The van der Waals surface area contributed by atoms with Crippen molar-refractivity contribution in [1.29, 1.82) is 0 Å². The molecule has 0 fully saturated rings. The molecule has 0 aliphatic heterocycles. The van der Waals surface area contributed by atoms with Crippen LogP contribution in [0.2, 0.25) is 0 Å². The van der Waals surface area contributed by atoms with Gasteiger partial charge in [0, 0.05) is 18.6 Å². The molecule has 0 radical (unpaired) electrons. The van der Waals surface area contributed by atoms with Gasteiger partial charge in [-0.3, -0.25) is 4.79 Å². The van der Waals surface area contributed by atoms with Crippen molar-refractivity contribution in [1.82, 2.24) is 4.57 Å². The highest BCUT2D eigenvalue weighted by Crippen LogP contribution is 2.27. The lowest BCUT2D eigenvalue weighted by Gasteiger charge is -2.15. The van der Waals surface area contributed by atoms with Crippen LogP contribution in [-0.2, 0) is 31.3 Å². The Morgan fingerprint density at radius 3 is 2.75 bits per heavy atom. The number of rotatable bonds is 5. The number of benzene rings is 1. The molecule has 0 amide bonds. The second-order valence-corrected chi connectivity index (χ2v) is 4.64. The van der Waals surface area contributed by atoms with Crippen molar-refractivity contribution < 1.29 is 22.2 Å². The van der Waals surface area contributed by atoms with Gasteiger partial charge in [0.15, 0.2) is 0 Å². The third-order valence-corrected chi connectivity index (χ3v) is 3.22. The van der Waals surface area contributed by atoms with E-state index in [1.54, 1.807) is 29.0 Å². The average Bonchev–Trinajstić information content (AvgIpc) is 2.81. The van der Waals surface area contributed by atoms with E-state index in [0.29, 0.717) is 5.69 Å². The van der Waals surface area contributed by atoms with E-state index in [2.05, 4.69) is 9.02 Å². The molecule has 0 saturated heterocycles. The number of fused-ring (bicyclic) bond motifs is 1. The fourth-order valence-electron chi connectivity index (χ4n) is 1.97. The number of aromatic nitrogens is 1. The molecule has 2 rings (SSSR count). The Morgan fingerprint density at radius 1 is 1.35 bits per heavy atom. The first-order chi connectivity index (χ1) is 9.52. The molecule has 0 N–H and O–H groups in total. The minimum atomic E-state index is -2.98. The minimum absolute atomic E-state index is 0.0871. The van der Waals surface area contributed by atoms with E-state index in [9.17, 15) is 13.2 Å². The Morgan fingerprint density at radius 2 is 2.10 bits per heavy atom. The summed E-state index contributed by atoms with van der Waals surface area (Å²) in [6.45, 7) is 0.0871. The third kappa shape index (κ3) is 2.91. The van der Waals surface area contributed by atoms with Gasteiger partial charge in [-0.15, -0.1) is 0 Å². The molecule has 8 heteroatoms. The Hall–Kier alpha value is -2.06. The summed E-state index contributed by atoms with van der Waals surface area (Å²) in [5.74, 6) is -0.361. The first-order valence-electron chi connectivity index (χ1n) is 5.74. The molecule has 0 saturated carbocycles. The summed E-state index contributed by atoms with van der Waals surface area (Å²) in [4.78, 5) is 11.3. The highest BCUT2D eigenvalue weighted by Gasteiger charge is 2.12. The topological polar surface area (TPSA) is 77.8 Å². The molecule has 0 unspecified atom stereocenters. The third-order valence-electron chi connectivity index (χ3n) is 2.85. The van der Waals surface area contributed by atoms with Gasteiger partial charge in [-0.2, -0.15) is 4.28 Å². The van der Waals surface area contributed by atoms with E-state index in [0.717, 1.165) is 16.0 Å². The van der Waals surface area contributed by atoms with Gasteiger partial charge in [0.25, 0.3) is 11.0 Å². The van der Waals surface area contributed by atoms with Crippen LogP contribution in [0.15, 0.2) is 30.5 Å². The zero-order chi connectivity index (χ0) is 14.7. The standard InChI is InChI=1S/C12H14N2O5S/c1-13(19-20(16)17)10-4-3-5-11-9(10)6-7-14(11)8-12(15)18-2/h3-7,20H,8H2,1-2H3. The first-order valence-corrected chi connectivity index (χ1v) is 6.83. The molecule has 0 bridgehead atoms. The minimum Gasteiger partial charge on any atom is -0.468 e. The van der Waals surface area contributed by atoms with Crippen molar-refractivity contribution >= 4 is 33.5 Å². The molecule has 1 heterocycles. The van der Waals surface area contributed by atoms with Crippen molar-refractivity contribution in [2.75, 3.05) is 19.2 Å². The summed E-state index contributed by atoms with van der Waals surface area (Å²) < 4.78 is 32.2. The molecule has 1 aromatic carbocycles. The average molecular weight is 298 g/mol. The smallest absolute Gasteiger partial charge is 0.325 e. The van der Waals surface area contributed by atoms with E-state index >= 15 is 0 Å². The van der Waals surface area contributed by atoms with Crippen molar-refractivity contribution in [3.05, 3.63) is 30.5 Å². The summed E-state index contributed by atoms with van der Waals surface area (Å²) in [6, 6.07) is 7.09. The van der Waals surface area contributed by atoms with Crippen LogP contribution < -0.4 is 5.06 Å². The van der Waals surface area contributed by atoms with Crippen LogP contribution in [0.25, 0.3) is 10.9 Å². The van der Waals surface area contributed by atoms with E-state index in [1.807, 2.05) is 6.07 Å². The van der Waals surface area contributed by atoms with Gasteiger partial charge in [0.05, 0.1) is 18.3 Å². The number of hydrogen-bond acceptors (Lipinski definition) is 6. The summed E-state index contributed by atoms with van der Waals surface area (Å²) in [5, 5.41) is 1.94. The predicted molar refractivity (Wildman–Crippen MR) is 73.8 cm³/mol. The maximum atomic E-state index is 11.3. The largest absolute Gasteiger partial charge is 0.468 e. The number of esters is 1. The lowest BCUT2D eigenvalue weighted by Crippen LogP contribution is -2.16. The monoisotopic (exact) mass is 298 g/mol. The number of anilines is 1. The lowest BCUT2D eigenvalue weighted by molar-refractivity contribution is -0.141. The molecule has 20 heavy (non-hydrogen) atoms. The maximum Gasteiger partial charge on any atom is 0.325 e. The molecular weight excluding hydrogens is 284 g/mol. The van der Waals surface area contributed by atoms with Gasteiger partial charge in [0.1, 0.15) is 6.54 Å². The van der Waals surface area contributed by atoms with Gasteiger partial charge in [-0.1, -0.05) is 6.07 Å². The van der Waals surface area contributed by atoms with E-state index in [-0.39, 0.29) is 12.5 Å². The van der Waals surface area contributed by atoms with Crippen LogP contribution in [0, 0.1) is 0 Å². The Kier molecular flexibility index (Phi) is 4.26. The number of nitrogens with zero attached hydrogens (tertiary/aromatic N) is 2. The Balaban J connectivity index is 2.41. The van der Waals surface area contributed by atoms with Crippen LogP contribution in [-0.4, -0.2) is 33.1 Å². The normalized spacial score (nSPS) is 10.9. The Labute approximate surface area is 117 Å². The van der Waals surface area contributed by atoms with Crippen molar-refractivity contribution in [2.45, 2.75) is 6.54 Å². The van der Waals surface area contributed by atoms with E-state index in [1.165, 1.54) is 14.2 Å². The number of thiol groups is 1. The van der Waals surface area contributed by atoms with Gasteiger partial charge in [0.2, 0.25) is 0 Å². The lowest BCUT2D eigenvalue weighted by atomic mass is 10.2. The van der Waals surface area contributed by atoms with Gasteiger partial charge in [-0.05, 0) is 18.2 Å². The van der Waals surface area contributed by atoms with Gasteiger partial charge in [-0.25, -0.2) is 13.5 Å². The van der Waals surface area contributed by atoms with Crippen molar-refractivity contribution in [3.8, 4) is 0 Å². The molecule has 0 spiro atoms. The summed E-state index contributed by atoms with van der Waals surface area (Å²) in [5.41, 5.74) is 1.37. The molecule has 2 aromatic rings. The fraction of sp³-hybridized carbons (Fsp3) is 0.250. The summed E-state index contributed by atoms with van der Waals surface area (Å²) in [6.07, 6.45) is 1.73. The second kappa shape index (κ2) is 5.93. The molecule has 1 aromatic heterocycles. The number of methoxy groups -OCH3 is 1. The molecule has 0 aliphatic rings. The van der Waals surface area contributed by atoms with Gasteiger partial charge >= 0.3 is 5.97 Å². The zero-order valence-electron chi connectivity index (χ0n) is 11.0. The number of carbonyl (C=O) groups excluding carboxylic acids is 1. The quantitative estimate of drug-likeness (QED) is 0.497. The second-order valence-electron chi connectivity index (χ2n) is 4.03. The molecule has 7 nitrogen and oxygen atoms in total. The first kappa shape index (κ1) is 14.4. The van der Waals surface area contributed by atoms with Gasteiger partial charge < -0.3 is 9.30 Å². The maximum absolute atomic E-state index is 11.3. The zero-order valence-corrected chi connectivity index (χ0v) is 11.9. The van der Waals surface area contributed by atoms with Crippen molar-refractivity contribution in [2.24, 2.45) is 0 Å². The number of hydroxylamine groups is 1. The molecule has 108 valence electrons. The molecule has 0 atom stereocenters.